The number of hydrogen-bond donors (Lipinski definition) is 2. The largest absolute Gasteiger partial charge is 0.331 e. The van der Waals surface area contributed by atoms with Crippen molar-refractivity contribution in [3.63, 3.8) is 0 Å². The molecule has 0 spiro atoms. The summed E-state index contributed by atoms with van der Waals surface area (Å²) in [6.45, 7) is 1.37. The molecule has 2 aliphatic heterocycles. The second kappa shape index (κ2) is 6.84. The van der Waals surface area contributed by atoms with E-state index in [2.05, 4.69) is 37.5 Å². The van der Waals surface area contributed by atoms with E-state index in [9.17, 15) is 4.79 Å². The van der Waals surface area contributed by atoms with Gasteiger partial charge in [0.2, 0.25) is 0 Å². The number of carbonyl (C=O) groups excluding carboxylic acids is 1. The molecule has 2 aromatic rings. The Morgan fingerprint density at radius 1 is 1.29 bits per heavy atom. The minimum absolute atomic E-state index is 0.0785. The molecule has 0 unspecified atom stereocenters. The number of hydrogen-bond acceptors (Lipinski definition) is 4. The van der Waals surface area contributed by atoms with Crippen LogP contribution >= 0.6 is 11.8 Å². The minimum atomic E-state index is -0.144. The highest BCUT2D eigenvalue weighted by atomic mass is 32.2. The molecule has 1 atom stereocenters. The number of thioether (sulfide) groups is 1. The van der Waals surface area contributed by atoms with Gasteiger partial charge in [0.25, 0.3) is 0 Å². The average Bonchev–Trinajstić information content (AvgIpc) is 3.04. The van der Waals surface area contributed by atoms with Gasteiger partial charge >= 0.3 is 6.03 Å². The molecule has 0 fully saturated rings. The van der Waals surface area contributed by atoms with E-state index in [4.69, 9.17) is 0 Å². The molecular weight excluding hydrogens is 322 g/mol. The quantitative estimate of drug-likeness (QED) is 0.899. The van der Waals surface area contributed by atoms with Crippen LogP contribution in [0.2, 0.25) is 0 Å². The molecule has 24 heavy (non-hydrogen) atoms. The summed E-state index contributed by atoms with van der Waals surface area (Å²) in [6, 6.07) is 8.22. The fourth-order valence-corrected chi connectivity index (χ4v) is 4.49. The molecule has 2 amide bonds. The summed E-state index contributed by atoms with van der Waals surface area (Å²) in [7, 11) is 0. The van der Waals surface area contributed by atoms with Crippen LogP contribution in [0.3, 0.4) is 0 Å². The van der Waals surface area contributed by atoms with Crippen LogP contribution < -0.4 is 10.6 Å². The molecule has 4 rings (SSSR count). The van der Waals surface area contributed by atoms with Crippen LogP contribution in [0.15, 0.2) is 29.2 Å². The van der Waals surface area contributed by atoms with E-state index in [-0.39, 0.29) is 12.1 Å². The van der Waals surface area contributed by atoms with Gasteiger partial charge in [0, 0.05) is 23.6 Å². The summed E-state index contributed by atoms with van der Waals surface area (Å²) in [4.78, 5) is 13.6. The maximum atomic E-state index is 12.3. The Morgan fingerprint density at radius 3 is 3.17 bits per heavy atom. The first kappa shape index (κ1) is 15.5. The van der Waals surface area contributed by atoms with Gasteiger partial charge in [-0.1, -0.05) is 18.2 Å². The van der Waals surface area contributed by atoms with Crippen LogP contribution in [0, 0.1) is 0 Å². The van der Waals surface area contributed by atoms with E-state index in [1.807, 2.05) is 23.9 Å². The Morgan fingerprint density at radius 2 is 2.21 bits per heavy atom. The number of aromatic nitrogens is 3. The zero-order chi connectivity index (χ0) is 16.4. The number of nitrogens with zero attached hydrogens (tertiary/aromatic N) is 3. The van der Waals surface area contributed by atoms with Crippen molar-refractivity contribution in [2.24, 2.45) is 0 Å². The number of aryl methyl sites for hydroxylation is 1. The van der Waals surface area contributed by atoms with E-state index < -0.39 is 0 Å². The van der Waals surface area contributed by atoms with Crippen molar-refractivity contribution in [3.05, 3.63) is 41.5 Å². The highest BCUT2D eigenvalue weighted by Gasteiger charge is 2.22. The molecule has 2 aliphatic rings. The zero-order valence-electron chi connectivity index (χ0n) is 13.5. The number of benzene rings is 1. The van der Waals surface area contributed by atoms with E-state index >= 15 is 0 Å². The standard InChI is InChI=1S/C17H21N5OS/c23-17(18-11-16-21-20-15-7-3-4-9-22(15)16)19-13-8-10-24-14-6-2-1-5-12(13)14/h1-2,5-6,13H,3-4,7-11H2,(H2,18,19,23)/t13-/m0/s1. The zero-order valence-corrected chi connectivity index (χ0v) is 14.3. The Hall–Kier alpha value is -2.02. The first-order chi connectivity index (χ1) is 11.8. The maximum Gasteiger partial charge on any atom is 0.315 e. The lowest BCUT2D eigenvalue weighted by molar-refractivity contribution is 0.235. The summed E-state index contributed by atoms with van der Waals surface area (Å²) >= 11 is 1.85. The molecule has 1 aromatic carbocycles. The summed E-state index contributed by atoms with van der Waals surface area (Å²) < 4.78 is 2.14. The molecule has 1 aromatic heterocycles. The Labute approximate surface area is 145 Å². The second-order valence-corrected chi connectivity index (χ2v) is 7.33. The van der Waals surface area contributed by atoms with Crippen molar-refractivity contribution in [1.82, 2.24) is 25.4 Å². The van der Waals surface area contributed by atoms with Crippen LogP contribution in [0.1, 0.15) is 42.5 Å². The third-order valence-corrected chi connectivity index (χ3v) is 5.73. The SMILES string of the molecule is O=C(NCc1nnc2n1CCCC2)N[C@H]1CCSc2ccccc21. The third kappa shape index (κ3) is 3.13. The van der Waals surface area contributed by atoms with Crippen LogP contribution in [-0.2, 0) is 19.5 Å². The third-order valence-electron chi connectivity index (χ3n) is 4.61. The molecule has 0 radical (unpaired) electrons. The second-order valence-electron chi connectivity index (χ2n) is 6.20. The van der Waals surface area contributed by atoms with Crippen molar-refractivity contribution in [3.8, 4) is 0 Å². The van der Waals surface area contributed by atoms with Crippen molar-refractivity contribution in [2.75, 3.05) is 5.75 Å². The molecule has 0 saturated carbocycles. The molecule has 126 valence electrons. The van der Waals surface area contributed by atoms with E-state index in [1.54, 1.807) is 0 Å². The molecule has 6 nitrogen and oxygen atoms in total. The van der Waals surface area contributed by atoms with Gasteiger partial charge in [-0.2, -0.15) is 0 Å². The molecule has 0 saturated heterocycles. The van der Waals surface area contributed by atoms with Gasteiger partial charge in [0.1, 0.15) is 5.82 Å². The fourth-order valence-electron chi connectivity index (χ4n) is 3.36. The van der Waals surface area contributed by atoms with Crippen molar-refractivity contribution in [2.45, 2.75) is 49.7 Å². The smallest absolute Gasteiger partial charge is 0.315 e. The molecule has 0 aliphatic carbocycles. The summed E-state index contributed by atoms with van der Waals surface area (Å²) in [5, 5.41) is 14.5. The first-order valence-corrected chi connectivity index (χ1v) is 9.47. The maximum absolute atomic E-state index is 12.3. The van der Waals surface area contributed by atoms with Crippen LogP contribution in [0.25, 0.3) is 0 Å². The van der Waals surface area contributed by atoms with Gasteiger partial charge in [-0.3, -0.25) is 0 Å². The van der Waals surface area contributed by atoms with E-state index in [0.29, 0.717) is 6.54 Å². The fraction of sp³-hybridized carbons (Fsp3) is 0.471. The highest BCUT2D eigenvalue weighted by Crippen LogP contribution is 2.35. The van der Waals surface area contributed by atoms with Crippen molar-refractivity contribution in [1.29, 1.82) is 0 Å². The number of urea groups is 1. The number of carbonyl (C=O) groups is 1. The van der Waals surface area contributed by atoms with Crippen molar-refractivity contribution >= 4 is 17.8 Å². The van der Waals surface area contributed by atoms with Gasteiger partial charge in [0.05, 0.1) is 12.6 Å². The van der Waals surface area contributed by atoms with Crippen LogP contribution in [0.5, 0.6) is 0 Å². The molecular formula is C17H21N5OS. The lowest BCUT2D eigenvalue weighted by Gasteiger charge is -2.26. The van der Waals surface area contributed by atoms with Gasteiger partial charge in [0.15, 0.2) is 5.82 Å². The van der Waals surface area contributed by atoms with Crippen LogP contribution in [-0.4, -0.2) is 26.5 Å². The normalized spacial score (nSPS) is 19.2. The average molecular weight is 343 g/mol. The topological polar surface area (TPSA) is 71.8 Å². The van der Waals surface area contributed by atoms with Gasteiger partial charge in [-0.15, -0.1) is 22.0 Å². The number of amides is 2. The Balaban J connectivity index is 1.37. The lowest BCUT2D eigenvalue weighted by Crippen LogP contribution is -2.39. The molecule has 0 bridgehead atoms. The van der Waals surface area contributed by atoms with E-state index in [1.165, 1.54) is 16.9 Å². The molecule has 3 heterocycles. The predicted molar refractivity (Wildman–Crippen MR) is 92.9 cm³/mol. The summed E-state index contributed by atoms with van der Waals surface area (Å²) in [5.74, 6) is 2.91. The van der Waals surface area contributed by atoms with Crippen molar-refractivity contribution < 1.29 is 4.79 Å². The predicted octanol–water partition coefficient (Wildman–Crippen LogP) is 2.65. The van der Waals surface area contributed by atoms with Gasteiger partial charge < -0.3 is 15.2 Å². The first-order valence-electron chi connectivity index (χ1n) is 8.48. The molecule has 7 heteroatoms. The Kier molecular flexibility index (Phi) is 4.42. The van der Waals surface area contributed by atoms with Gasteiger partial charge in [-0.25, -0.2) is 4.79 Å². The highest BCUT2D eigenvalue weighted by molar-refractivity contribution is 7.99. The van der Waals surface area contributed by atoms with Crippen LogP contribution in [0.4, 0.5) is 4.79 Å². The minimum Gasteiger partial charge on any atom is -0.331 e. The Bertz CT molecular complexity index is 744. The number of rotatable bonds is 3. The summed E-state index contributed by atoms with van der Waals surface area (Å²) in [5.41, 5.74) is 1.21. The molecule has 2 N–H and O–H groups in total. The summed E-state index contributed by atoms with van der Waals surface area (Å²) in [6.07, 6.45) is 4.26. The lowest BCUT2D eigenvalue weighted by atomic mass is 10.0. The van der Waals surface area contributed by atoms with E-state index in [0.717, 1.165) is 43.2 Å². The number of nitrogens with one attached hydrogen (secondary N) is 2. The van der Waals surface area contributed by atoms with Gasteiger partial charge in [-0.05, 0) is 30.9 Å². The number of fused-ring (bicyclic) bond motifs is 2. The monoisotopic (exact) mass is 343 g/mol.